The molecule has 0 aromatic heterocycles. The number of piperazine rings is 1. The number of amides is 3. The summed E-state index contributed by atoms with van der Waals surface area (Å²) in [6.45, 7) is 0.362. The molecule has 2 aromatic rings. The largest absolute Gasteiger partial charge is 0.347 e. The van der Waals surface area contributed by atoms with Crippen LogP contribution in [-0.4, -0.2) is 47.3 Å². The summed E-state index contributed by atoms with van der Waals surface area (Å²) in [7, 11) is 0. The van der Waals surface area contributed by atoms with Gasteiger partial charge in [-0.3, -0.25) is 14.4 Å². The molecule has 0 spiro atoms. The van der Waals surface area contributed by atoms with Crippen LogP contribution in [0.3, 0.4) is 0 Å². The third kappa shape index (κ3) is 3.56. The second kappa shape index (κ2) is 7.23. The number of hydrogen-bond acceptors (Lipinski definition) is 3. The fraction of sp³-hybridized carbons (Fsp3) is 0.286. The van der Waals surface area contributed by atoms with Crippen molar-refractivity contribution in [3.63, 3.8) is 0 Å². The third-order valence-electron chi connectivity index (χ3n) is 5.16. The number of nitrogens with one attached hydrogen (secondary N) is 2. The average molecular weight is 363 g/mol. The van der Waals surface area contributed by atoms with Crippen LogP contribution in [0.1, 0.15) is 22.3 Å². The summed E-state index contributed by atoms with van der Waals surface area (Å²) in [6.07, 6.45) is 0.907. The van der Waals surface area contributed by atoms with Crippen LogP contribution < -0.4 is 10.6 Å². The second-order valence-electron chi connectivity index (χ2n) is 7.03. The SMILES string of the molecule is O=C(N[C@H]1C[C@H]2C(=O)N[C@@H](Cc3ccccc3)C(=O)N2C1)c1ccccc1. The highest BCUT2D eigenvalue weighted by atomic mass is 16.2. The van der Waals surface area contributed by atoms with Gasteiger partial charge in [0.25, 0.3) is 5.91 Å². The summed E-state index contributed by atoms with van der Waals surface area (Å²) in [6, 6.07) is 17.3. The van der Waals surface area contributed by atoms with Gasteiger partial charge in [-0.05, 0) is 24.1 Å². The van der Waals surface area contributed by atoms with E-state index in [2.05, 4.69) is 10.6 Å². The van der Waals surface area contributed by atoms with Crippen molar-refractivity contribution in [1.82, 2.24) is 15.5 Å². The molecule has 3 amide bonds. The normalized spacial score (nSPS) is 24.3. The minimum atomic E-state index is -0.556. The van der Waals surface area contributed by atoms with Crippen molar-refractivity contribution < 1.29 is 14.4 Å². The van der Waals surface area contributed by atoms with Gasteiger partial charge in [-0.1, -0.05) is 48.5 Å². The summed E-state index contributed by atoms with van der Waals surface area (Å²) < 4.78 is 0. The van der Waals surface area contributed by atoms with E-state index in [9.17, 15) is 14.4 Å². The van der Waals surface area contributed by atoms with Crippen LogP contribution in [0.5, 0.6) is 0 Å². The Kier molecular flexibility index (Phi) is 4.62. The molecule has 4 rings (SSSR count). The van der Waals surface area contributed by atoms with Crippen molar-refractivity contribution in [2.75, 3.05) is 6.54 Å². The Bertz CT molecular complexity index is 853. The van der Waals surface area contributed by atoms with Crippen LogP contribution in [0, 0.1) is 0 Å². The highest BCUT2D eigenvalue weighted by Gasteiger charge is 2.46. The topological polar surface area (TPSA) is 78.5 Å². The fourth-order valence-electron chi connectivity index (χ4n) is 3.81. The molecule has 2 aliphatic rings. The van der Waals surface area contributed by atoms with E-state index >= 15 is 0 Å². The zero-order valence-corrected chi connectivity index (χ0v) is 14.8. The first-order valence-corrected chi connectivity index (χ1v) is 9.12. The number of rotatable bonds is 4. The first-order valence-electron chi connectivity index (χ1n) is 9.12. The van der Waals surface area contributed by atoms with Crippen LogP contribution in [0.25, 0.3) is 0 Å². The fourth-order valence-corrected chi connectivity index (χ4v) is 3.81. The van der Waals surface area contributed by atoms with Gasteiger partial charge in [0.1, 0.15) is 12.1 Å². The lowest BCUT2D eigenvalue weighted by atomic mass is 10.0. The summed E-state index contributed by atoms with van der Waals surface area (Å²) >= 11 is 0. The van der Waals surface area contributed by atoms with Crippen molar-refractivity contribution in [3.8, 4) is 0 Å². The second-order valence-corrected chi connectivity index (χ2v) is 7.03. The van der Waals surface area contributed by atoms with Gasteiger partial charge < -0.3 is 15.5 Å². The minimum Gasteiger partial charge on any atom is -0.347 e. The van der Waals surface area contributed by atoms with E-state index in [4.69, 9.17) is 0 Å². The molecule has 0 bridgehead atoms. The number of nitrogens with zero attached hydrogens (tertiary/aromatic N) is 1. The first kappa shape index (κ1) is 17.3. The van der Waals surface area contributed by atoms with Crippen LogP contribution in [0.4, 0.5) is 0 Å². The Balaban J connectivity index is 1.43. The van der Waals surface area contributed by atoms with Gasteiger partial charge in [0.15, 0.2) is 0 Å². The van der Waals surface area contributed by atoms with Crippen molar-refractivity contribution in [1.29, 1.82) is 0 Å². The Morgan fingerprint density at radius 1 is 1.04 bits per heavy atom. The van der Waals surface area contributed by atoms with Gasteiger partial charge in [0.2, 0.25) is 11.8 Å². The summed E-state index contributed by atoms with van der Waals surface area (Å²) in [5, 5.41) is 5.79. The zero-order chi connectivity index (χ0) is 18.8. The molecule has 138 valence electrons. The van der Waals surface area contributed by atoms with Crippen molar-refractivity contribution in [3.05, 3.63) is 71.8 Å². The Hall–Kier alpha value is -3.15. The predicted molar refractivity (Wildman–Crippen MR) is 99.9 cm³/mol. The van der Waals surface area contributed by atoms with Gasteiger partial charge in [-0.25, -0.2) is 0 Å². The van der Waals surface area contributed by atoms with E-state index in [-0.39, 0.29) is 23.8 Å². The van der Waals surface area contributed by atoms with Crippen molar-refractivity contribution in [2.24, 2.45) is 0 Å². The number of benzene rings is 2. The molecule has 2 saturated heterocycles. The standard InChI is InChI=1S/C21H21N3O3/c25-19(15-9-5-2-6-10-15)22-16-12-18-20(26)23-17(21(27)24(18)13-16)11-14-7-3-1-4-8-14/h1-10,16-18H,11-13H2,(H,22,25)(H,23,26)/t16-,17-,18-/m0/s1. The van der Waals surface area contributed by atoms with Gasteiger partial charge in [-0.2, -0.15) is 0 Å². The van der Waals surface area contributed by atoms with Crippen LogP contribution in [0.2, 0.25) is 0 Å². The molecule has 2 aromatic carbocycles. The maximum Gasteiger partial charge on any atom is 0.251 e. The molecular formula is C21H21N3O3. The smallest absolute Gasteiger partial charge is 0.251 e. The van der Waals surface area contributed by atoms with Crippen molar-refractivity contribution in [2.45, 2.75) is 31.0 Å². The molecule has 6 heteroatoms. The predicted octanol–water partition coefficient (Wildman–Crippen LogP) is 1.13. The average Bonchev–Trinajstić information content (AvgIpc) is 3.12. The van der Waals surface area contributed by atoms with Gasteiger partial charge in [0.05, 0.1) is 0 Å². The quantitative estimate of drug-likeness (QED) is 0.855. The molecule has 2 aliphatic heterocycles. The molecule has 2 fully saturated rings. The molecule has 6 nitrogen and oxygen atoms in total. The van der Waals surface area contributed by atoms with E-state index in [1.54, 1.807) is 29.2 Å². The first-order chi connectivity index (χ1) is 13.1. The summed E-state index contributed by atoms with van der Waals surface area (Å²) in [4.78, 5) is 39.3. The Labute approximate surface area is 157 Å². The number of hydrogen-bond donors (Lipinski definition) is 2. The van der Waals surface area contributed by atoms with E-state index < -0.39 is 12.1 Å². The van der Waals surface area contributed by atoms with Crippen LogP contribution in [0.15, 0.2) is 60.7 Å². The summed E-state index contributed by atoms with van der Waals surface area (Å²) in [5.74, 6) is -0.416. The van der Waals surface area contributed by atoms with E-state index in [1.165, 1.54) is 0 Å². The monoisotopic (exact) mass is 363 g/mol. The highest BCUT2D eigenvalue weighted by Crippen LogP contribution is 2.24. The van der Waals surface area contributed by atoms with Gasteiger partial charge in [-0.15, -0.1) is 0 Å². The van der Waals surface area contributed by atoms with E-state index in [1.807, 2.05) is 36.4 Å². The Morgan fingerprint density at radius 3 is 2.41 bits per heavy atom. The zero-order valence-electron chi connectivity index (χ0n) is 14.8. The van der Waals surface area contributed by atoms with E-state index in [0.717, 1.165) is 5.56 Å². The maximum atomic E-state index is 12.9. The number of carbonyl (C=O) groups is 3. The Morgan fingerprint density at radius 2 is 1.70 bits per heavy atom. The minimum absolute atomic E-state index is 0.0834. The lowest BCUT2D eigenvalue weighted by Crippen LogP contribution is -2.61. The van der Waals surface area contributed by atoms with Crippen LogP contribution in [-0.2, 0) is 16.0 Å². The van der Waals surface area contributed by atoms with Gasteiger partial charge in [0, 0.05) is 24.6 Å². The van der Waals surface area contributed by atoms with Gasteiger partial charge >= 0.3 is 0 Å². The van der Waals surface area contributed by atoms with Crippen molar-refractivity contribution >= 4 is 17.7 Å². The van der Waals surface area contributed by atoms with Crippen LogP contribution >= 0.6 is 0 Å². The molecular weight excluding hydrogens is 342 g/mol. The molecule has 3 atom stereocenters. The third-order valence-corrected chi connectivity index (χ3v) is 5.16. The molecule has 0 radical (unpaired) electrons. The number of carbonyl (C=O) groups excluding carboxylic acids is 3. The van der Waals surface area contributed by atoms with E-state index in [0.29, 0.717) is 24.9 Å². The molecule has 2 heterocycles. The molecule has 27 heavy (non-hydrogen) atoms. The lowest BCUT2D eigenvalue weighted by molar-refractivity contribution is -0.147. The molecule has 0 saturated carbocycles. The maximum absolute atomic E-state index is 12.9. The lowest BCUT2D eigenvalue weighted by Gasteiger charge is -2.34. The highest BCUT2D eigenvalue weighted by molar-refractivity contribution is 5.98. The molecule has 0 unspecified atom stereocenters. The molecule has 0 aliphatic carbocycles. The number of fused-ring (bicyclic) bond motifs is 1. The summed E-state index contributed by atoms with van der Waals surface area (Å²) in [5.41, 5.74) is 1.57. The molecule has 2 N–H and O–H groups in total.